The Labute approximate surface area is 171 Å². The van der Waals surface area contributed by atoms with E-state index < -0.39 is 0 Å². The van der Waals surface area contributed by atoms with Gasteiger partial charge in [-0.2, -0.15) is 0 Å². The third-order valence-electron chi connectivity index (χ3n) is 3.99. The van der Waals surface area contributed by atoms with Crippen molar-refractivity contribution in [1.29, 1.82) is 0 Å². The first-order chi connectivity index (χ1) is 13.6. The summed E-state index contributed by atoms with van der Waals surface area (Å²) in [5.41, 5.74) is 1.00. The molecule has 1 aromatic heterocycles. The Morgan fingerprint density at radius 2 is 2.07 bits per heavy atom. The number of aromatic nitrogens is 2. The lowest BCUT2D eigenvalue weighted by atomic mass is 10.2. The van der Waals surface area contributed by atoms with E-state index in [0.717, 1.165) is 6.42 Å². The Hall–Kier alpha value is -2.35. The molecule has 0 fully saturated rings. The number of nitrogens with one attached hydrogen (secondary N) is 1. The van der Waals surface area contributed by atoms with E-state index in [-0.39, 0.29) is 17.2 Å². The Morgan fingerprint density at radius 1 is 1.25 bits per heavy atom. The van der Waals surface area contributed by atoms with Gasteiger partial charge in [0.25, 0.3) is 5.56 Å². The summed E-state index contributed by atoms with van der Waals surface area (Å²) >= 11 is 7.33. The third-order valence-corrected chi connectivity index (χ3v) is 5.16. The predicted molar refractivity (Wildman–Crippen MR) is 113 cm³/mol. The van der Waals surface area contributed by atoms with Crippen molar-refractivity contribution in [2.45, 2.75) is 11.6 Å². The zero-order valence-electron chi connectivity index (χ0n) is 15.4. The predicted octanol–water partition coefficient (Wildman–Crippen LogP) is 3.28. The number of nitrogens with zero attached hydrogens (tertiary/aromatic N) is 2. The summed E-state index contributed by atoms with van der Waals surface area (Å²) in [6.07, 6.45) is 0.744. The fourth-order valence-electron chi connectivity index (χ4n) is 2.68. The van der Waals surface area contributed by atoms with Gasteiger partial charge in [-0.25, -0.2) is 4.98 Å². The first kappa shape index (κ1) is 20.4. The second-order valence-corrected chi connectivity index (χ2v) is 7.40. The smallest absolute Gasteiger partial charge is 0.266 e. The van der Waals surface area contributed by atoms with Gasteiger partial charge in [-0.1, -0.05) is 41.6 Å². The van der Waals surface area contributed by atoms with Crippen molar-refractivity contribution in [3.05, 3.63) is 63.9 Å². The molecule has 0 unspecified atom stereocenters. The highest BCUT2D eigenvalue weighted by Gasteiger charge is 2.15. The lowest BCUT2D eigenvalue weighted by molar-refractivity contribution is -0.118. The van der Waals surface area contributed by atoms with E-state index in [4.69, 9.17) is 16.3 Å². The number of carbonyl (C=O) groups excluding carboxylic acids is 1. The number of benzene rings is 2. The molecule has 3 rings (SSSR count). The number of ether oxygens (including phenoxy) is 1. The number of fused-ring (bicyclic) bond motifs is 1. The second kappa shape index (κ2) is 9.73. The molecule has 1 N–H and O–H groups in total. The fourth-order valence-corrected chi connectivity index (χ4v) is 3.70. The van der Waals surface area contributed by atoms with Crippen LogP contribution < -0.4 is 10.9 Å². The second-order valence-electron chi connectivity index (χ2n) is 6.02. The van der Waals surface area contributed by atoms with Crippen LogP contribution in [0.4, 0.5) is 0 Å². The lowest BCUT2D eigenvalue weighted by Crippen LogP contribution is -2.28. The number of para-hydroxylation sites is 1. The number of methoxy groups -OCH3 is 1. The molecule has 28 heavy (non-hydrogen) atoms. The van der Waals surface area contributed by atoms with Gasteiger partial charge in [-0.15, -0.1) is 0 Å². The van der Waals surface area contributed by atoms with E-state index in [1.54, 1.807) is 49.6 Å². The molecule has 1 amide bonds. The number of carbonyl (C=O) groups is 1. The summed E-state index contributed by atoms with van der Waals surface area (Å²) in [4.78, 5) is 29.8. The highest BCUT2D eigenvalue weighted by molar-refractivity contribution is 7.99. The maximum atomic E-state index is 13.1. The molecule has 0 bridgehead atoms. The Kier molecular flexibility index (Phi) is 7.08. The molecule has 8 heteroatoms. The largest absolute Gasteiger partial charge is 0.385 e. The third kappa shape index (κ3) is 4.92. The Bertz CT molecular complexity index is 1040. The van der Waals surface area contributed by atoms with Crippen molar-refractivity contribution < 1.29 is 9.53 Å². The number of thioether (sulfide) groups is 1. The Morgan fingerprint density at radius 3 is 2.86 bits per heavy atom. The molecule has 0 spiro atoms. The molecule has 3 aromatic rings. The molecule has 0 radical (unpaired) electrons. The molecule has 0 saturated carbocycles. The van der Waals surface area contributed by atoms with Crippen molar-refractivity contribution in [3.63, 3.8) is 0 Å². The van der Waals surface area contributed by atoms with Crippen LogP contribution in [0.2, 0.25) is 5.02 Å². The summed E-state index contributed by atoms with van der Waals surface area (Å²) in [5.74, 6) is 0.0272. The van der Waals surface area contributed by atoms with Crippen LogP contribution in [0.15, 0.2) is 58.5 Å². The van der Waals surface area contributed by atoms with Crippen LogP contribution in [-0.4, -0.2) is 41.5 Å². The van der Waals surface area contributed by atoms with Crippen LogP contribution in [0.3, 0.4) is 0 Å². The number of amides is 1. The minimum atomic E-state index is -0.198. The van der Waals surface area contributed by atoms with Crippen molar-refractivity contribution in [2.75, 3.05) is 26.0 Å². The number of halogens is 1. The summed E-state index contributed by atoms with van der Waals surface area (Å²) in [7, 11) is 1.62. The molecular weight excluding hydrogens is 398 g/mol. The molecular formula is C20H20ClN3O3S. The minimum Gasteiger partial charge on any atom is -0.385 e. The lowest BCUT2D eigenvalue weighted by Gasteiger charge is -2.13. The first-order valence-corrected chi connectivity index (χ1v) is 10.1. The quantitative estimate of drug-likeness (QED) is 0.346. The van der Waals surface area contributed by atoms with Gasteiger partial charge < -0.3 is 10.1 Å². The minimum absolute atomic E-state index is 0.124. The average Bonchev–Trinajstić information content (AvgIpc) is 2.70. The van der Waals surface area contributed by atoms with E-state index in [0.29, 0.717) is 39.9 Å². The van der Waals surface area contributed by atoms with Gasteiger partial charge in [0, 0.05) is 25.3 Å². The SMILES string of the molecule is COCCCNC(=O)CSc1nc2ccccc2c(=O)n1-c1cccc(Cl)c1. The molecule has 1 heterocycles. The van der Waals surface area contributed by atoms with Gasteiger partial charge in [0.1, 0.15) is 0 Å². The van der Waals surface area contributed by atoms with Crippen molar-refractivity contribution in [3.8, 4) is 5.69 Å². The Balaban J connectivity index is 1.91. The van der Waals surface area contributed by atoms with Crippen molar-refractivity contribution in [1.82, 2.24) is 14.9 Å². The number of hydrogen-bond donors (Lipinski definition) is 1. The average molecular weight is 418 g/mol. The monoisotopic (exact) mass is 417 g/mol. The fraction of sp³-hybridized carbons (Fsp3) is 0.250. The van der Waals surface area contributed by atoms with Gasteiger partial charge in [-0.05, 0) is 36.8 Å². The highest BCUT2D eigenvalue weighted by atomic mass is 35.5. The molecule has 146 valence electrons. The molecule has 0 aliphatic rings. The maximum absolute atomic E-state index is 13.1. The molecule has 0 atom stereocenters. The maximum Gasteiger partial charge on any atom is 0.266 e. The van der Waals surface area contributed by atoms with Crippen LogP contribution >= 0.6 is 23.4 Å². The van der Waals surface area contributed by atoms with Crippen molar-refractivity contribution in [2.24, 2.45) is 0 Å². The summed E-state index contributed by atoms with van der Waals surface area (Å²) < 4.78 is 6.46. The number of rotatable bonds is 8. The molecule has 0 aliphatic heterocycles. The van der Waals surface area contributed by atoms with Crippen LogP contribution in [0.1, 0.15) is 6.42 Å². The van der Waals surface area contributed by atoms with Gasteiger partial charge >= 0.3 is 0 Å². The number of hydrogen-bond acceptors (Lipinski definition) is 5. The van der Waals surface area contributed by atoms with Crippen LogP contribution in [0.5, 0.6) is 0 Å². The zero-order chi connectivity index (χ0) is 19.9. The van der Waals surface area contributed by atoms with Crippen molar-refractivity contribution >= 4 is 40.2 Å². The molecule has 0 saturated heterocycles. The topological polar surface area (TPSA) is 73.2 Å². The van der Waals surface area contributed by atoms with E-state index in [1.807, 2.05) is 6.07 Å². The van der Waals surface area contributed by atoms with E-state index in [2.05, 4.69) is 10.3 Å². The highest BCUT2D eigenvalue weighted by Crippen LogP contribution is 2.22. The molecule has 2 aromatic carbocycles. The summed E-state index contributed by atoms with van der Waals surface area (Å²) in [5, 5.41) is 4.30. The summed E-state index contributed by atoms with van der Waals surface area (Å²) in [6, 6.07) is 14.2. The van der Waals surface area contributed by atoms with E-state index >= 15 is 0 Å². The standard InChI is InChI=1S/C20H20ClN3O3S/c1-27-11-5-10-22-18(25)13-28-20-23-17-9-3-2-8-16(17)19(26)24(20)15-7-4-6-14(21)12-15/h2-4,6-9,12H,5,10-11,13H2,1H3,(H,22,25). The molecule has 6 nitrogen and oxygen atoms in total. The normalized spacial score (nSPS) is 10.9. The summed E-state index contributed by atoms with van der Waals surface area (Å²) in [6.45, 7) is 1.13. The van der Waals surface area contributed by atoms with Gasteiger partial charge in [0.2, 0.25) is 5.91 Å². The van der Waals surface area contributed by atoms with Gasteiger partial charge in [-0.3, -0.25) is 14.2 Å². The van der Waals surface area contributed by atoms with E-state index in [9.17, 15) is 9.59 Å². The van der Waals surface area contributed by atoms with Gasteiger partial charge in [0.05, 0.1) is 22.3 Å². The molecule has 0 aliphatic carbocycles. The van der Waals surface area contributed by atoms with E-state index in [1.165, 1.54) is 16.3 Å². The van der Waals surface area contributed by atoms with Crippen LogP contribution in [0.25, 0.3) is 16.6 Å². The van der Waals surface area contributed by atoms with Crippen LogP contribution in [0, 0.1) is 0 Å². The first-order valence-electron chi connectivity index (χ1n) is 8.76. The zero-order valence-corrected chi connectivity index (χ0v) is 16.9. The van der Waals surface area contributed by atoms with Crippen LogP contribution in [-0.2, 0) is 9.53 Å². The van der Waals surface area contributed by atoms with Gasteiger partial charge in [0.15, 0.2) is 5.16 Å².